The number of carbonyl (C=O) groups excluding carboxylic acids is 1. The summed E-state index contributed by atoms with van der Waals surface area (Å²) in [5.41, 5.74) is 7.72. The second-order valence-corrected chi connectivity index (χ2v) is 7.13. The summed E-state index contributed by atoms with van der Waals surface area (Å²) < 4.78 is 0. The van der Waals surface area contributed by atoms with Crippen molar-refractivity contribution in [1.82, 2.24) is 9.88 Å². The molecule has 2 N–H and O–H groups in total. The maximum atomic E-state index is 12.8. The van der Waals surface area contributed by atoms with Crippen molar-refractivity contribution in [2.75, 3.05) is 12.3 Å². The molecule has 3 rings (SSSR count). The first-order chi connectivity index (χ1) is 9.97. The Kier molecular flexibility index (Phi) is 3.61. The van der Waals surface area contributed by atoms with Crippen LogP contribution < -0.4 is 5.73 Å². The first kappa shape index (κ1) is 14.3. The van der Waals surface area contributed by atoms with Crippen LogP contribution in [0.3, 0.4) is 0 Å². The molecule has 0 bridgehead atoms. The topological polar surface area (TPSA) is 59.2 Å². The number of likely N-dealkylation sites (tertiary alicyclic amines) is 1. The lowest BCUT2D eigenvalue weighted by molar-refractivity contribution is 0.0594. The zero-order chi connectivity index (χ0) is 15.1. The fourth-order valence-corrected chi connectivity index (χ4v) is 4.18. The van der Waals surface area contributed by atoms with Gasteiger partial charge in [0.15, 0.2) is 0 Å². The molecule has 0 aliphatic carbocycles. The van der Waals surface area contributed by atoms with E-state index in [1.165, 1.54) is 11.3 Å². The van der Waals surface area contributed by atoms with Gasteiger partial charge in [-0.1, -0.05) is 6.92 Å². The fourth-order valence-electron chi connectivity index (χ4n) is 3.09. The van der Waals surface area contributed by atoms with Gasteiger partial charge in [-0.15, -0.1) is 11.3 Å². The quantitative estimate of drug-likeness (QED) is 0.878. The Morgan fingerprint density at radius 2 is 2.19 bits per heavy atom. The number of aromatic nitrogens is 1. The van der Waals surface area contributed by atoms with Crippen LogP contribution in [0.1, 0.15) is 42.1 Å². The number of amides is 1. The van der Waals surface area contributed by atoms with Gasteiger partial charge in [0.25, 0.3) is 5.91 Å². The van der Waals surface area contributed by atoms with Crippen molar-refractivity contribution < 1.29 is 4.79 Å². The van der Waals surface area contributed by atoms with Crippen molar-refractivity contribution in [1.29, 1.82) is 0 Å². The average molecular weight is 303 g/mol. The van der Waals surface area contributed by atoms with E-state index in [2.05, 4.69) is 18.8 Å². The number of thiophene rings is 1. The highest BCUT2D eigenvalue weighted by Crippen LogP contribution is 2.35. The Hall–Kier alpha value is -1.62. The monoisotopic (exact) mass is 303 g/mol. The van der Waals surface area contributed by atoms with Gasteiger partial charge in [-0.3, -0.25) is 4.79 Å². The number of aryl methyl sites for hydroxylation is 1. The van der Waals surface area contributed by atoms with Crippen LogP contribution in [0, 0.1) is 12.8 Å². The molecule has 4 nitrogen and oxygen atoms in total. The molecule has 1 amide bonds. The predicted octanol–water partition coefficient (Wildman–Crippen LogP) is 3.45. The number of piperidine rings is 1. The first-order valence-corrected chi connectivity index (χ1v) is 8.25. The number of pyridine rings is 1. The molecule has 5 heteroatoms. The Morgan fingerprint density at radius 3 is 2.90 bits per heavy atom. The summed E-state index contributed by atoms with van der Waals surface area (Å²) in [6, 6.07) is 4.17. The maximum Gasteiger partial charge on any atom is 0.266 e. The molecule has 0 aromatic carbocycles. The molecule has 1 aliphatic heterocycles. The van der Waals surface area contributed by atoms with Crippen molar-refractivity contribution in [2.45, 2.75) is 39.7 Å². The van der Waals surface area contributed by atoms with Crippen molar-refractivity contribution in [2.24, 2.45) is 5.92 Å². The molecule has 112 valence electrons. The van der Waals surface area contributed by atoms with Gasteiger partial charge < -0.3 is 10.6 Å². The molecule has 1 fully saturated rings. The maximum absolute atomic E-state index is 12.8. The van der Waals surface area contributed by atoms with Crippen LogP contribution in [0.2, 0.25) is 0 Å². The van der Waals surface area contributed by atoms with E-state index < -0.39 is 0 Å². The summed E-state index contributed by atoms with van der Waals surface area (Å²) in [6.45, 7) is 7.14. The van der Waals surface area contributed by atoms with Crippen molar-refractivity contribution in [3.63, 3.8) is 0 Å². The summed E-state index contributed by atoms with van der Waals surface area (Å²) in [5, 5.41) is 0.895. The zero-order valence-corrected chi connectivity index (χ0v) is 13.5. The van der Waals surface area contributed by atoms with Crippen LogP contribution in [0.25, 0.3) is 10.2 Å². The number of hydrogen-bond acceptors (Lipinski definition) is 4. The van der Waals surface area contributed by atoms with Gasteiger partial charge in [0.2, 0.25) is 0 Å². The first-order valence-electron chi connectivity index (χ1n) is 7.44. The zero-order valence-electron chi connectivity index (χ0n) is 12.7. The standard InChI is InChI=1S/C16H21N3OS/c1-9-6-7-19(11(3)8-9)16(20)14-13(17)12-5-4-10(2)18-15(12)21-14/h4-5,9,11H,6-8,17H2,1-3H3. The molecule has 2 atom stereocenters. The number of nitrogens with zero attached hydrogens (tertiary/aromatic N) is 2. The van der Waals surface area contributed by atoms with Gasteiger partial charge in [-0.25, -0.2) is 4.98 Å². The van der Waals surface area contributed by atoms with Gasteiger partial charge in [-0.05, 0) is 44.7 Å². The number of rotatable bonds is 1. The van der Waals surface area contributed by atoms with Gasteiger partial charge in [0.1, 0.15) is 9.71 Å². The highest BCUT2D eigenvalue weighted by atomic mass is 32.1. The van der Waals surface area contributed by atoms with E-state index in [0.29, 0.717) is 16.5 Å². The van der Waals surface area contributed by atoms with E-state index in [1.54, 1.807) is 0 Å². The lowest BCUT2D eigenvalue weighted by Crippen LogP contribution is -2.44. The third kappa shape index (κ3) is 2.50. The molecule has 1 aliphatic rings. The van der Waals surface area contributed by atoms with Crippen LogP contribution in [0.4, 0.5) is 5.69 Å². The minimum Gasteiger partial charge on any atom is -0.397 e. The van der Waals surface area contributed by atoms with Gasteiger partial charge >= 0.3 is 0 Å². The molecule has 2 aromatic heterocycles. The normalized spacial score (nSPS) is 22.7. The van der Waals surface area contributed by atoms with Crippen molar-refractivity contribution in [3.05, 3.63) is 22.7 Å². The van der Waals surface area contributed by atoms with Crippen molar-refractivity contribution in [3.8, 4) is 0 Å². The second kappa shape index (κ2) is 5.30. The Morgan fingerprint density at radius 1 is 1.43 bits per heavy atom. The molecular formula is C16H21N3OS. The summed E-state index contributed by atoms with van der Waals surface area (Å²) in [7, 11) is 0. The Balaban J connectivity index is 1.96. The van der Waals surface area contributed by atoms with Crippen LogP contribution in [0.5, 0.6) is 0 Å². The van der Waals surface area contributed by atoms with E-state index in [9.17, 15) is 4.79 Å². The van der Waals surface area contributed by atoms with E-state index in [1.807, 2.05) is 24.0 Å². The van der Waals surface area contributed by atoms with Crippen LogP contribution >= 0.6 is 11.3 Å². The van der Waals surface area contributed by atoms with Crippen LogP contribution in [-0.2, 0) is 0 Å². The molecule has 1 saturated heterocycles. The largest absolute Gasteiger partial charge is 0.397 e. The molecule has 21 heavy (non-hydrogen) atoms. The Bertz CT molecular complexity index is 694. The minimum atomic E-state index is 0.0625. The van der Waals surface area contributed by atoms with Crippen LogP contribution in [-0.4, -0.2) is 28.4 Å². The van der Waals surface area contributed by atoms with Gasteiger partial charge in [0.05, 0.1) is 5.69 Å². The average Bonchev–Trinajstić information content (AvgIpc) is 2.75. The number of fused-ring (bicyclic) bond motifs is 1. The lowest BCUT2D eigenvalue weighted by Gasteiger charge is -2.36. The highest BCUT2D eigenvalue weighted by Gasteiger charge is 2.30. The number of nitrogen functional groups attached to an aromatic ring is 1. The molecule has 0 saturated carbocycles. The molecule has 0 radical (unpaired) electrons. The third-order valence-electron chi connectivity index (χ3n) is 4.33. The van der Waals surface area contributed by atoms with E-state index >= 15 is 0 Å². The second-order valence-electron chi connectivity index (χ2n) is 6.13. The number of hydrogen-bond donors (Lipinski definition) is 1. The van der Waals surface area contributed by atoms with Gasteiger partial charge in [-0.2, -0.15) is 0 Å². The predicted molar refractivity (Wildman–Crippen MR) is 87.7 cm³/mol. The van der Waals surface area contributed by atoms with Crippen LogP contribution in [0.15, 0.2) is 12.1 Å². The smallest absolute Gasteiger partial charge is 0.266 e. The third-order valence-corrected chi connectivity index (χ3v) is 5.43. The summed E-state index contributed by atoms with van der Waals surface area (Å²) in [4.78, 5) is 20.8. The number of anilines is 1. The minimum absolute atomic E-state index is 0.0625. The summed E-state index contributed by atoms with van der Waals surface area (Å²) >= 11 is 1.42. The van der Waals surface area contributed by atoms with Crippen molar-refractivity contribution >= 4 is 33.1 Å². The molecular weight excluding hydrogens is 282 g/mol. The molecule has 2 unspecified atom stereocenters. The van der Waals surface area contributed by atoms with E-state index in [0.717, 1.165) is 35.3 Å². The molecule has 3 heterocycles. The highest BCUT2D eigenvalue weighted by molar-refractivity contribution is 7.21. The Labute approximate surface area is 129 Å². The fraction of sp³-hybridized carbons (Fsp3) is 0.500. The molecule has 0 spiro atoms. The van der Waals surface area contributed by atoms with E-state index in [4.69, 9.17) is 5.73 Å². The number of carbonyl (C=O) groups is 1. The lowest BCUT2D eigenvalue weighted by atomic mass is 9.93. The SMILES string of the molecule is Cc1ccc2c(N)c(C(=O)N3CCC(C)CC3C)sc2n1. The van der Waals surface area contributed by atoms with E-state index in [-0.39, 0.29) is 11.9 Å². The van der Waals surface area contributed by atoms with Gasteiger partial charge in [0, 0.05) is 23.7 Å². The number of nitrogens with two attached hydrogens (primary N) is 1. The summed E-state index contributed by atoms with van der Waals surface area (Å²) in [5.74, 6) is 0.751. The summed E-state index contributed by atoms with van der Waals surface area (Å²) in [6.07, 6.45) is 2.13. The molecule has 2 aromatic rings.